The van der Waals surface area contributed by atoms with E-state index >= 15 is 0 Å². The highest BCUT2D eigenvalue weighted by molar-refractivity contribution is 8.00. The summed E-state index contributed by atoms with van der Waals surface area (Å²) in [7, 11) is 0. The fourth-order valence-electron chi connectivity index (χ4n) is 1.96. The fourth-order valence-corrected chi connectivity index (χ4v) is 2.98. The third-order valence-corrected chi connectivity index (χ3v) is 4.99. The molecule has 5 nitrogen and oxygen atoms in total. The molecule has 2 aromatic carbocycles. The molecule has 0 radical (unpaired) electrons. The molecule has 1 unspecified atom stereocenters. The van der Waals surface area contributed by atoms with E-state index in [0.717, 1.165) is 10.5 Å². The maximum Gasteiger partial charge on any atom is 0.269 e. The molecule has 0 aliphatic carbocycles. The molecule has 0 bridgehead atoms. The van der Waals surface area contributed by atoms with Gasteiger partial charge >= 0.3 is 0 Å². The number of carbonyl (C=O) groups is 1. The summed E-state index contributed by atoms with van der Waals surface area (Å²) in [4.78, 5) is 23.0. The molecule has 0 spiro atoms. The van der Waals surface area contributed by atoms with Gasteiger partial charge in [-0.05, 0) is 36.8 Å². The monoisotopic (exact) mass is 384 g/mol. The number of hydrogen-bond acceptors (Lipinski definition) is 4. The highest BCUT2D eigenvalue weighted by Crippen LogP contribution is 2.26. The number of nitro groups is 1. The van der Waals surface area contributed by atoms with Gasteiger partial charge in [-0.25, -0.2) is 0 Å². The Labute approximate surface area is 153 Å². The molecule has 0 fully saturated rings. The van der Waals surface area contributed by atoms with Gasteiger partial charge in [-0.1, -0.05) is 29.3 Å². The summed E-state index contributed by atoms with van der Waals surface area (Å²) in [5, 5.41) is 14.4. The van der Waals surface area contributed by atoms with Crippen LogP contribution in [0.25, 0.3) is 0 Å². The lowest BCUT2D eigenvalue weighted by molar-refractivity contribution is -0.384. The second-order valence-electron chi connectivity index (χ2n) is 5.00. The van der Waals surface area contributed by atoms with E-state index in [2.05, 4.69) is 5.32 Å². The zero-order valence-electron chi connectivity index (χ0n) is 12.7. The summed E-state index contributed by atoms with van der Waals surface area (Å²) >= 11 is 13.2. The van der Waals surface area contributed by atoms with E-state index in [9.17, 15) is 14.9 Å². The minimum absolute atomic E-state index is 0.0250. The maximum atomic E-state index is 12.0. The number of carbonyl (C=O) groups excluding carboxylic acids is 1. The third kappa shape index (κ3) is 5.12. The predicted molar refractivity (Wildman–Crippen MR) is 96.8 cm³/mol. The van der Waals surface area contributed by atoms with E-state index in [0.29, 0.717) is 10.0 Å². The van der Waals surface area contributed by atoms with Crippen LogP contribution in [-0.4, -0.2) is 16.6 Å². The lowest BCUT2D eigenvalue weighted by atomic mass is 10.1. The average molecular weight is 385 g/mol. The van der Waals surface area contributed by atoms with Gasteiger partial charge in [0.1, 0.15) is 0 Å². The van der Waals surface area contributed by atoms with Crippen LogP contribution in [0.2, 0.25) is 10.0 Å². The van der Waals surface area contributed by atoms with E-state index in [-0.39, 0.29) is 23.4 Å². The molecule has 24 heavy (non-hydrogen) atoms. The molecule has 1 N–H and O–H groups in total. The Kier molecular flexibility index (Phi) is 6.48. The van der Waals surface area contributed by atoms with Gasteiger partial charge in [0.05, 0.1) is 26.8 Å². The van der Waals surface area contributed by atoms with Gasteiger partial charge in [0.2, 0.25) is 5.91 Å². The van der Waals surface area contributed by atoms with Crippen molar-refractivity contribution in [3.8, 4) is 0 Å². The number of benzene rings is 2. The van der Waals surface area contributed by atoms with Crippen LogP contribution in [0.15, 0.2) is 47.4 Å². The number of thioether (sulfide) groups is 1. The van der Waals surface area contributed by atoms with Crippen LogP contribution in [0.1, 0.15) is 18.5 Å². The number of non-ortho nitro benzene ring substituents is 1. The molecule has 126 valence electrons. The van der Waals surface area contributed by atoms with Gasteiger partial charge in [0.15, 0.2) is 0 Å². The van der Waals surface area contributed by atoms with Crippen molar-refractivity contribution in [2.24, 2.45) is 0 Å². The average Bonchev–Trinajstić information content (AvgIpc) is 2.55. The lowest BCUT2D eigenvalue weighted by Gasteiger charge is -2.15. The van der Waals surface area contributed by atoms with Crippen molar-refractivity contribution in [2.75, 3.05) is 5.75 Å². The predicted octanol–water partition coefficient (Wildman–Crippen LogP) is 4.87. The molecular weight excluding hydrogens is 371 g/mol. The summed E-state index contributed by atoms with van der Waals surface area (Å²) in [6.45, 7) is 1.86. The molecule has 1 amide bonds. The standard InChI is InChI=1S/C16H14Cl2N2O3S/c1-10(11-2-7-14(17)15(18)8-11)19-16(21)9-24-13-5-3-12(4-6-13)20(22)23/h2-8,10H,9H2,1H3,(H,19,21). The first-order chi connectivity index (χ1) is 11.4. The van der Waals surface area contributed by atoms with Gasteiger partial charge in [-0.2, -0.15) is 0 Å². The lowest BCUT2D eigenvalue weighted by Crippen LogP contribution is -2.28. The van der Waals surface area contributed by atoms with E-state index in [1.165, 1.54) is 23.9 Å². The third-order valence-electron chi connectivity index (χ3n) is 3.24. The first kappa shape index (κ1) is 18.6. The smallest absolute Gasteiger partial charge is 0.269 e. The molecule has 0 aromatic heterocycles. The number of amides is 1. The van der Waals surface area contributed by atoms with Gasteiger partial charge in [0, 0.05) is 17.0 Å². The van der Waals surface area contributed by atoms with Crippen molar-refractivity contribution in [1.82, 2.24) is 5.32 Å². The van der Waals surface area contributed by atoms with Crippen LogP contribution >= 0.6 is 35.0 Å². The summed E-state index contributed by atoms with van der Waals surface area (Å²) in [6.07, 6.45) is 0. The number of nitrogens with zero attached hydrogens (tertiary/aromatic N) is 1. The number of nitrogens with one attached hydrogen (secondary N) is 1. The molecule has 8 heteroatoms. The fraction of sp³-hybridized carbons (Fsp3) is 0.188. The van der Waals surface area contributed by atoms with Gasteiger partial charge in [-0.15, -0.1) is 11.8 Å². The highest BCUT2D eigenvalue weighted by Gasteiger charge is 2.12. The topological polar surface area (TPSA) is 72.2 Å². The summed E-state index contributed by atoms with van der Waals surface area (Å²) < 4.78 is 0. The molecule has 2 rings (SSSR count). The van der Waals surface area contributed by atoms with Gasteiger partial charge < -0.3 is 5.32 Å². The summed E-state index contributed by atoms with van der Waals surface area (Å²) in [6, 6.07) is 11.1. The van der Waals surface area contributed by atoms with E-state index in [1.54, 1.807) is 24.3 Å². The molecule has 0 aliphatic rings. The van der Waals surface area contributed by atoms with Crippen molar-refractivity contribution in [2.45, 2.75) is 17.9 Å². The number of halogens is 2. The first-order valence-corrected chi connectivity index (χ1v) is 8.72. The SMILES string of the molecule is CC(NC(=O)CSc1ccc([N+](=O)[O-])cc1)c1ccc(Cl)c(Cl)c1. The van der Waals surface area contributed by atoms with Gasteiger partial charge in [-0.3, -0.25) is 14.9 Å². The van der Waals surface area contributed by atoms with Gasteiger partial charge in [0.25, 0.3) is 5.69 Å². The largest absolute Gasteiger partial charge is 0.349 e. The maximum absolute atomic E-state index is 12.0. The highest BCUT2D eigenvalue weighted by atomic mass is 35.5. The number of rotatable bonds is 6. The summed E-state index contributed by atoms with van der Waals surface area (Å²) in [5.41, 5.74) is 0.884. The molecule has 0 heterocycles. The van der Waals surface area contributed by atoms with Crippen LogP contribution in [-0.2, 0) is 4.79 Å². The molecule has 0 saturated heterocycles. The van der Waals surface area contributed by atoms with Crippen molar-refractivity contribution >= 4 is 46.6 Å². The second kappa shape index (κ2) is 8.37. The van der Waals surface area contributed by atoms with Crippen molar-refractivity contribution in [1.29, 1.82) is 0 Å². The van der Waals surface area contributed by atoms with Crippen molar-refractivity contribution in [3.63, 3.8) is 0 Å². The Balaban J connectivity index is 1.88. The van der Waals surface area contributed by atoms with Crippen LogP contribution in [0.5, 0.6) is 0 Å². The Bertz CT molecular complexity index is 753. The zero-order chi connectivity index (χ0) is 17.7. The van der Waals surface area contributed by atoms with Crippen LogP contribution in [0.3, 0.4) is 0 Å². The van der Waals surface area contributed by atoms with Crippen molar-refractivity contribution in [3.05, 3.63) is 68.2 Å². The Hall–Kier alpha value is -1.76. The van der Waals surface area contributed by atoms with E-state index < -0.39 is 4.92 Å². The van der Waals surface area contributed by atoms with E-state index in [4.69, 9.17) is 23.2 Å². The molecule has 0 aliphatic heterocycles. The summed E-state index contributed by atoms with van der Waals surface area (Å²) in [5.74, 6) is 0.0700. The Morgan fingerprint density at radius 3 is 2.46 bits per heavy atom. The number of nitro benzene ring substituents is 1. The first-order valence-electron chi connectivity index (χ1n) is 6.98. The Morgan fingerprint density at radius 2 is 1.88 bits per heavy atom. The van der Waals surface area contributed by atoms with Crippen LogP contribution < -0.4 is 5.32 Å². The van der Waals surface area contributed by atoms with E-state index in [1.807, 2.05) is 13.0 Å². The Morgan fingerprint density at radius 1 is 1.21 bits per heavy atom. The second-order valence-corrected chi connectivity index (χ2v) is 6.87. The molecular formula is C16H14Cl2N2O3S. The quantitative estimate of drug-likeness (QED) is 0.437. The molecule has 0 saturated carbocycles. The number of hydrogen-bond donors (Lipinski definition) is 1. The molecule has 2 aromatic rings. The van der Waals surface area contributed by atoms with Crippen LogP contribution in [0.4, 0.5) is 5.69 Å². The van der Waals surface area contributed by atoms with Crippen molar-refractivity contribution < 1.29 is 9.72 Å². The zero-order valence-corrected chi connectivity index (χ0v) is 15.0. The minimum Gasteiger partial charge on any atom is -0.349 e. The van der Waals surface area contributed by atoms with Crippen LogP contribution in [0, 0.1) is 10.1 Å². The minimum atomic E-state index is -0.458. The normalized spacial score (nSPS) is 11.8. The molecule has 1 atom stereocenters.